The van der Waals surface area contributed by atoms with Crippen LogP contribution in [0.15, 0.2) is 29.8 Å². The minimum absolute atomic E-state index is 0.121. The third-order valence-electron chi connectivity index (χ3n) is 3.11. The van der Waals surface area contributed by atoms with Gasteiger partial charge in [-0.05, 0) is 49.8 Å². The zero-order chi connectivity index (χ0) is 11.5. The molecular weight excluding hydrogens is 198 g/mol. The van der Waals surface area contributed by atoms with Gasteiger partial charge in [-0.3, -0.25) is 4.79 Å². The third-order valence-corrected chi connectivity index (χ3v) is 3.11. The van der Waals surface area contributed by atoms with Gasteiger partial charge >= 0.3 is 0 Å². The van der Waals surface area contributed by atoms with E-state index in [1.807, 2.05) is 19.1 Å². The van der Waals surface area contributed by atoms with Crippen molar-refractivity contribution in [3.05, 3.63) is 41.0 Å². The Morgan fingerprint density at radius 1 is 1.31 bits per heavy atom. The number of allylic oxidation sites excluding steroid dienone is 2. The molecule has 0 radical (unpaired) electrons. The van der Waals surface area contributed by atoms with Gasteiger partial charge in [0.15, 0.2) is 5.78 Å². The van der Waals surface area contributed by atoms with Crippen LogP contribution in [0.3, 0.4) is 0 Å². The van der Waals surface area contributed by atoms with Gasteiger partial charge in [0.2, 0.25) is 0 Å². The van der Waals surface area contributed by atoms with Crippen LogP contribution in [-0.2, 0) is 0 Å². The van der Waals surface area contributed by atoms with Gasteiger partial charge in [-0.1, -0.05) is 18.2 Å². The van der Waals surface area contributed by atoms with Crippen molar-refractivity contribution in [2.75, 3.05) is 5.73 Å². The lowest BCUT2D eigenvalue weighted by Gasteiger charge is -2.14. The van der Waals surface area contributed by atoms with E-state index in [9.17, 15) is 4.79 Å². The highest BCUT2D eigenvalue weighted by molar-refractivity contribution is 6.12. The summed E-state index contributed by atoms with van der Waals surface area (Å²) in [6.07, 6.45) is 6.29. The van der Waals surface area contributed by atoms with E-state index < -0.39 is 0 Å². The maximum absolute atomic E-state index is 12.3. The van der Waals surface area contributed by atoms with Gasteiger partial charge in [0.1, 0.15) is 0 Å². The molecule has 84 valence electrons. The highest BCUT2D eigenvalue weighted by Gasteiger charge is 2.18. The van der Waals surface area contributed by atoms with E-state index >= 15 is 0 Å². The lowest BCUT2D eigenvalue weighted by molar-refractivity contribution is 0.102. The van der Waals surface area contributed by atoms with Crippen LogP contribution in [0, 0.1) is 6.92 Å². The molecule has 1 aliphatic rings. The van der Waals surface area contributed by atoms with E-state index in [4.69, 9.17) is 5.73 Å². The average molecular weight is 215 g/mol. The van der Waals surface area contributed by atoms with Crippen molar-refractivity contribution in [1.82, 2.24) is 0 Å². The van der Waals surface area contributed by atoms with Crippen LogP contribution in [0.1, 0.15) is 41.6 Å². The molecule has 0 atom stereocenters. The van der Waals surface area contributed by atoms with Gasteiger partial charge in [-0.15, -0.1) is 0 Å². The minimum atomic E-state index is 0.121. The van der Waals surface area contributed by atoms with Gasteiger partial charge in [0, 0.05) is 11.3 Å². The fourth-order valence-electron chi connectivity index (χ4n) is 2.21. The number of carbonyl (C=O) groups excluding carboxylic acids is 1. The van der Waals surface area contributed by atoms with E-state index in [-0.39, 0.29) is 5.78 Å². The summed E-state index contributed by atoms with van der Waals surface area (Å²) in [6, 6.07) is 5.62. The Labute approximate surface area is 96.2 Å². The molecule has 1 aromatic rings. The number of nitrogen functional groups attached to an aromatic ring is 1. The number of carbonyl (C=O) groups is 1. The zero-order valence-electron chi connectivity index (χ0n) is 9.62. The van der Waals surface area contributed by atoms with Gasteiger partial charge in [0.25, 0.3) is 0 Å². The number of hydrogen-bond donors (Lipinski definition) is 1. The van der Waals surface area contributed by atoms with Crippen molar-refractivity contribution in [1.29, 1.82) is 0 Å². The molecule has 0 aromatic heterocycles. The molecule has 2 N–H and O–H groups in total. The lowest BCUT2D eigenvalue weighted by Crippen LogP contribution is -2.10. The Morgan fingerprint density at radius 3 is 2.75 bits per heavy atom. The molecule has 16 heavy (non-hydrogen) atoms. The topological polar surface area (TPSA) is 43.1 Å². The maximum atomic E-state index is 12.3. The van der Waals surface area contributed by atoms with Crippen LogP contribution in [0.4, 0.5) is 5.69 Å². The van der Waals surface area contributed by atoms with Gasteiger partial charge in [0.05, 0.1) is 0 Å². The zero-order valence-corrected chi connectivity index (χ0v) is 9.62. The number of anilines is 1. The second-order valence-electron chi connectivity index (χ2n) is 4.34. The summed E-state index contributed by atoms with van der Waals surface area (Å²) < 4.78 is 0. The SMILES string of the molecule is Cc1cccc(N)c1C(=O)C1=CCCCC1. The summed E-state index contributed by atoms with van der Waals surface area (Å²) >= 11 is 0. The van der Waals surface area contributed by atoms with Gasteiger partial charge in [-0.2, -0.15) is 0 Å². The molecule has 2 heteroatoms. The molecule has 1 aliphatic carbocycles. The first-order chi connectivity index (χ1) is 7.70. The monoisotopic (exact) mass is 215 g/mol. The number of ketones is 1. The van der Waals surface area contributed by atoms with Crippen molar-refractivity contribution in [3.63, 3.8) is 0 Å². The Morgan fingerprint density at radius 2 is 2.12 bits per heavy atom. The van der Waals surface area contributed by atoms with Crippen molar-refractivity contribution >= 4 is 11.5 Å². The molecule has 0 saturated heterocycles. The van der Waals surface area contributed by atoms with Crippen LogP contribution in [0.2, 0.25) is 0 Å². The number of Topliss-reactive ketones (excluding diaryl/α,β-unsaturated/α-hetero) is 1. The molecular formula is C14H17NO. The number of aryl methyl sites for hydroxylation is 1. The van der Waals surface area contributed by atoms with E-state index in [1.165, 1.54) is 6.42 Å². The van der Waals surface area contributed by atoms with Crippen LogP contribution in [0.5, 0.6) is 0 Å². The summed E-state index contributed by atoms with van der Waals surface area (Å²) in [5, 5.41) is 0. The first kappa shape index (κ1) is 10.9. The number of nitrogens with two attached hydrogens (primary N) is 1. The Balaban J connectivity index is 2.37. The first-order valence-electron chi connectivity index (χ1n) is 5.79. The molecule has 0 unspecified atom stereocenters. The van der Waals surface area contributed by atoms with Gasteiger partial charge in [-0.25, -0.2) is 0 Å². The summed E-state index contributed by atoms with van der Waals surface area (Å²) in [5.41, 5.74) is 9.07. The fourth-order valence-corrected chi connectivity index (χ4v) is 2.21. The number of rotatable bonds is 2. The summed E-state index contributed by atoms with van der Waals surface area (Å²) in [6.45, 7) is 1.94. The Hall–Kier alpha value is -1.57. The minimum Gasteiger partial charge on any atom is -0.398 e. The van der Waals surface area contributed by atoms with Crippen LogP contribution >= 0.6 is 0 Å². The summed E-state index contributed by atoms with van der Waals surface area (Å²) in [5.74, 6) is 0.121. The maximum Gasteiger partial charge on any atom is 0.191 e. The quantitative estimate of drug-likeness (QED) is 0.607. The largest absolute Gasteiger partial charge is 0.398 e. The second-order valence-corrected chi connectivity index (χ2v) is 4.34. The fraction of sp³-hybridized carbons (Fsp3) is 0.357. The number of benzene rings is 1. The van der Waals surface area contributed by atoms with Crippen molar-refractivity contribution in [2.45, 2.75) is 32.6 Å². The molecule has 0 saturated carbocycles. The summed E-state index contributed by atoms with van der Waals surface area (Å²) in [7, 11) is 0. The van der Waals surface area contributed by atoms with Crippen molar-refractivity contribution < 1.29 is 4.79 Å². The second kappa shape index (κ2) is 4.52. The molecule has 0 heterocycles. The number of hydrogen-bond acceptors (Lipinski definition) is 2. The van der Waals surface area contributed by atoms with E-state index in [0.29, 0.717) is 11.3 Å². The van der Waals surface area contributed by atoms with Crippen molar-refractivity contribution in [2.24, 2.45) is 0 Å². The molecule has 0 bridgehead atoms. The van der Waals surface area contributed by atoms with Crippen LogP contribution in [0.25, 0.3) is 0 Å². The highest BCUT2D eigenvalue weighted by atomic mass is 16.1. The predicted octanol–water partition coefficient (Wildman–Crippen LogP) is 3.26. The molecule has 0 amide bonds. The first-order valence-corrected chi connectivity index (χ1v) is 5.79. The standard InChI is InChI=1S/C14H17NO/c1-10-6-5-9-12(15)13(10)14(16)11-7-3-2-4-8-11/h5-7,9H,2-4,8,15H2,1H3. The molecule has 0 aliphatic heterocycles. The lowest BCUT2D eigenvalue weighted by atomic mass is 9.90. The van der Waals surface area contributed by atoms with E-state index in [0.717, 1.165) is 30.4 Å². The van der Waals surface area contributed by atoms with Crippen LogP contribution in [-0.4, -0.2) is 5.78 Å². The third kappa shape index (κ3) is 2.01. The predicted molar refractivity (Wildman–Crippen MR) is 66.5 cm³/mol. The van der Waals surface area contributed by atoms with Gasteiger partial charge < -0.3 is 5.73 Å². The van der Waals surface area contributed by atoms with E-state index in [1.54, 1.807) is 6.07 Å². The molecule has 0 spiro atoms. The Bertz CT molecular complexity index is 426. The Kier molecular flexibility index (Phi) is 3.09. The smallest absolute Gasteiger partial charge is 0.191 e. The average Bonchev–Trinajstić information content (AvgIpc) is 2.30. The van der Waals surface area contributed by atoms with E-state index in [2.05, 4.69) is 6.08 Å². The highest BCUT2D eigenvalue weighted by Crippen LogP contribution is 2.25. The molecule has 2 rings (SSSR count). The normalized spacial score (nSPS) is 15.7. The van der Waals surface area contributed by atoms with Crippen molar-refractivity contribution in [3.8, 4) is 0 Å². The molecule has 0 fully saturated rings. The molecule has 1 aromatic carbocycles. The molecule has 2 nitrogen and oxygen atoms in total. The summed E-state index contributed by atoms with van der Waals surface area (Å²) in [4.78, 5) is 12.3. The van der Waals surface area contributed by atoms with Crippen LogP contribution < -0.4 is 5.73 Å².